The molecule has 0 bridgehead atoms. The van der Waals surface area contributed by atoms with Gasteiger partial charge in [0.2, 0.25) is 11.8 Å². The van der Waals surface area contributed by atoms with Gasteiger partial charge in [0.25, 0.3) is 0 Å². The fraction of sp³-hybridized carbons (Fsp3) is 0.438. The molecule has 1 fully saturated rings. The van der Waals surface area contributed by atoms with Crippen molar-refractivity contribution in [1.82, 2.24) is 10.2 Å². The van der Waals surface area contributed by atoms with Crippen LogP contribution in [0.25, 0.3) is 0 Å². The molecular weight excluding hydrogens is 323 g/mol. The highest BCUT2D eigenvalue weighted by Gasteiger charge is 2.39. The van der Waals surface area contributed by atoms with Crippen LogP contribution in [0.1, 0.15) is 30.0 Å². The van der Waals surface area contributed by atoms with E-state index in [9.17, 15) is 22.8 Å². The topological polar surface area (TPSA) is 73.2 Å². The average Bonchev–Trinajstić information content (AvgIpc) is 2.54. The van der Waals surface area contributed by atoms with Gasteiger partial charge in [-0.05, 0) is 24.1 Å². The van der Waals surface area contributed by atoms with Crippen molar-refractivity contribution in [3.05, 3.63) is 35.4 Å². The number of amides is 2. The Bertz CT molecular complexity index is 665. The third-order valence-corrected chi connectivity index (χ3v) is 4.12. The van der Waals surface area contributed by atoms with Crippen molar-refractivity contribution in [3.8, 4) is 6.07 Å². The van der Waals surface area contributed by atoms with Gasteiger partial charge >= 0.3 is 6.18 Å². The fourth-order valence-corrected chi connectivity index (χ4v) is 2.90. The number of likely N-dealkylation sites (tertiary alicyclic amines) is 1. The first kappa shape index (κ1) is 17.8. The molecule has 2 amide bonds. The van der Waals surface area contributed by atoms with Gasteiger partial charge in [-0.1, -0.05) is 12.1 Å². The lowest BCUT2D eigenvalue weighted by atomic mass is 9.83. The lowest BCUT2D eigenvalue weighted by molar-refractivity contribution is -0.142. The Morgan fingerprint density at radius 1 is 1.38 bits per heavy atom. The highest BCUT2D eigenvalue weighted by atomic mass is 19.4. The maximum absolute atomic E-state index is 12.7. The van der Waals surface area contributed by atoms with Crippen LogP contribution in [-0.4, -0.2) is 30.3 Å². The number of hydrogen-bond acceptors (Lipinski definition) is 3. The van der Waals surface area contributed by atoms with Crippen LogP contribution in [0.2, 0.25) is 0 Å². The Hall–Kier alpha value is -2.56. The number of carbonyl (C=O) groups is 2. The molecule has 8 heteroatoms. The van der Waals surface area contributed by atoms with E-state index in [1.165, 1.54) is 24.1 Å². The van der Waals surface area contributed by atoms with Crippen LogP contribution in [0.3, 0.4) is 0 Å². The molecule has 5 nitrogen and oxygen atoms in total. The van der Waals surface area contributed by atoms with Gasteiger partial charge in [0.15, 0.2) is 0 Å². The molecule has 0 aliphatic carbocycles. The quantitative estimate of drug-likeness (QED) is 0.859. The maximum Gasteiger partial charge on any atom is 0.416 e. The highest BCUT2D eigenvalue weighted by molar-refractivity contribution is 5.85. The molecule has 1 aromatic carbocycles. The Balaban J connectivity index is 2.32. The van der Waals surface area contributed by atoms with Crippen LogP contribution in [0, 0.1) is 17.2 Å². The molecule has 1 heterocycles. The third-order valence-electron chi connectivity index (χ3n) is 4.12. The monoisotopic (exact) mass is 339 g/mol. The van der Waals surface area contributed by atoms with Gasteiger partial charge in [-0.2, -0.15) is 18.4 Å². The summed E-state index contributed by atoms with van der Waals surface area (Å²) in [6.07, 6.45) is -3.99. The second-order valence-corrected chi connectivity index (χ2v) is 5.59. The molecule has 1 saturated heterocycles. The molecular formula is C16H16F3N3O2. The summed E-state index contributed by atoms with van der Waals surface area (Å²) >= 11 is 0. The van der Waals surface area contributed by atoms with Crippen LogP contribution in [0.15, 0.2) is 24.3 Å². The van der Waals surface area contributed by atoms with E-state index < -0.39 is 23.7 Å². The molecule has 0 saturated carbocycles. The Kier molecular flexibility index (Phi) is 5.12. The normalized spacial score (nSPS) is 21.3. The second-order valence-electron chi connectivity index (χ2n) is 5.59. The number of nitriles is 1. The number of carbonyl (C=O) groups excluding carboxylic acids is 2. The first-order chi connectivity index (χ1) is 11.3. The predicted molar refractivity (Wildman–Crippen MR) is 78.3 cm³/mol. The van der Waals surface area contributed by atoms with Crippen LogP contribution >= 0.6 is 0 Å². The smallest absolute Gasteiger partial charge is 0.343 e. The highest BCUT2D eigenvalue weighted by Crippen LogP contribution is 2.37. The molecule has 0 unspecified atom stereocenters. The summed E-state index contributed by atoms with van der Waals surface area (Å²) in [5.74, 6) is -1.18. The summed E-state index contributed by atoms with van der Waals surface area (Å²) in [6, 6.07) is 5.58. The third kappa shape index (κ3) is 3.67. The number of piperidine rings is 1. The van der Waals surface area contributed by atoms with Crippen molar-refractivity contribution in [1.29, 1.82) is 5.26 Å². The number of alkyl halides is 3. The van der Waals surface area contributed by atoms with Crippen LogP contribution in [-0.2, 0) is 15.8 Å². The van der Waals surface area contributed by atoms with Crippen LogP contribution in [0.4, 0.5) is 13.2 Å². The number of nitrogens with zero attached hydrogens (tertiary/aromatic N) is 2. The molecule has 2 atom stereocenters. The molecule has 1 aromatic rings. The molecule has 128 valence electrons. The molecule has 2 rings (SSSR count). The van der Waals surface area contributed by atoms with Gasteiger partial charge in [-0.15, -0.1) is 0 Å². The SMILES string of the molecule is CN1C(=O)CC[C@H](C(=O)NCC#N)[C@H]1c1ccc(C(F)(F)F)cc1. The van der Waals surface area contributed by atoms with E-state index in [4.69, 9.17) is 5.26 Å². The van der Waals surface area contributed by atoms with E-state index in [1.54, 1.807) is 6.07 Å². The minimum atomic E-state index is -4.45. The summed E-state index contributed by atoms with van der Waals surface area (Å²) in [6.45, 7) is -0.160. The summed E-state index contributed by atoms with van der Waals surface area (Å²) in [4.78, 5) is 25.6. The van der Waals surface area contributed by atoms with Crippen molar-refractivity contribution in [2.75, 3.05) is 13.6 Å². The van der Waals surface area contributed by atoms with E-state index in [-0.39, 0.29) is 31.2 Å². The molecule has 1 aliphatic rings. The number of halogens is 3. The van der Waals surface area contributed by atoms with Gasteiger partial charge in [-0.25, -0.2) is 0 Å². The predicted octanol–water partition coefficient (Wildman–Crippen LogP) is 2.25. The van der Waals surface area contributed by atoms with Gasteiger partial charge < -0.3 is 10.2 Å². The molecule has 0 spiro atoms. The van der Waals surface area contributed by atoms with Crippen LogP contribution in [0.5, 0.6) is 0 Å². The van der Waals surface area contributed by atoms with Gasteiger partial charge in [-0.3, -0.25) is 9.59 Å². The first-order valence-corrected chi connectivity index (χ1v) is 7.33. The molecule has 0 aromatic heterocycles. The maximum atomic E-state index is 12.7. The Morgan fingerprint density at radius 2 is 2.00 bits per heavy atom. The van der Waals surface area contributed by atoms with E-state index in [0.29, 0.717) is 5.56 Å². The minimum Gasteiger partial charge on any atom is -0.343 e. The van der Waals surface area contributed by atoms with E-state index >= 15 is 0 Å². The number of nitrogens with one attached hydrogen (secondary N) is 1. The van der Waals surface area contributed by atoms with Crippen molar-refractivity contribution in [2.24, 2.45) is 5.92 Å². The van der Waals surface area contributed by atoms with Crippen molar-refractivity contribution in [2.45, 2.75) is 25.1 Å². The summed E-state index contributed by atoms with van der Waals surface area (Å²) in [5.41, 5.74) is -0.336. The zero-order chi connectivity index (χ0) is 17.9. The number of hydrogen-bond donors (Lipinski definition) is 1. The number of benzene rings is 1. The first-order valence-electron chi connectivity index (χ1n) is 7.33. The molecule has 1 N–H and O–H groups in total. The number of rotatable bonds is 3. The fourth-order valence-electron chi connectivity index (χ4n) is 2.90. The summed E-state index contributed by atoms with van der Waals surface area (Å²) < 4.78 is 38.1. The molecule has 24 heavy (non-hydrogen) atoms. The van der Waals surface area contributed by atoms with Crippen molar-refractivity contribution >= 4 is 11.8 Å². The van der Waals surface area contributed by atoms with Gasteiger partial charge in [0.05, 0.1) is 23.6 Å². The molecule has 0 radical (unpaired) electrons. The summed E-state index contributed by atoms with van der Waals surface area (Å²) in [7, 11) is 1.52. The second kappa shape index (κ2) is 6.91. The average molecular weight is 339 g/mol. The van der Waals surface area contributed by atoms with E-state index in [1.807, 2.05) is 0 Å². The summed E-state index contributed by atoms with van der Waals surface area (Å²) in [5, 5.41) is 11.0. The van der Waals surface area contributed by atoms with Crippen molar-refractivity contribution in [3.63, 3.8) is 0 Å². The lowest BCUT2D eigenvalue weighted by Crippen LogP contribution is -2.46. The Morgan fingerprint density at radius 3 is 2.54 bits per heavy atom. The van der Waals surface area contributed by atoms with Gasteiger partial charge in [0.1, 0.15) is 6.54 Å². The Labute approximate surface area is 137 Å². The van der Waals surface area contributed by atoms with Crippen molar-refractivity contribution < 1.29 is 22.8 Å². The zero-order valence-electron chi connectivity index (χ0n) is 12.9. The van der Waals surface area contributed by atoms with E-state index in [2.05, 4.69) is 5.32 Å². The van der Waals surface area contributed by atoms with E-state index in [0.717, 1.165) is 12.1 Å². The lowest BCUT2D eigenvalue weighted by Gasteiger charge is -2.38. The largest absolute Gasteiger partial charge is 0.416 e. The zero-order valence-corrected chi connectivity index (χ0v) is 12.9. The van der Waals surface area contributed by atoms with Gasteiger partial charge in [0, 0.05) is 13.5 Å². The standard InChI is InChI=1S/C16H16F3N3O2/c1-22-13(23)7-6-12(15(24)21-9-8-20)14(22)10-2-4-11(5-3-10)16(17,18)19/h2-5,12,14H,6-7,9H2,1H3,(H,21,24)/t12-,14+/m0/s1. The minimum absolute atomic E-state index is 0.160. The van der Waals surface area contributed by atoms with Crippen LogP contribution < -0.4 is 5.32 Å². The molecule has 1 aliphatic heterocycles.